The Labute approximate surface area is 135 Å². The second kappa shape index (κ2) is 4.84. The fourth-order valence-electron chi connectivity index (χ4n) is 3.11. The highest BCUT2D eigenvalue weighted by atomic mass is 32.1. The summed E-state index contributed by atoms with van der Waals surface area (Å²) in [6.07, 6.45) is -1.44. The number of nitrogen functional groups attached to an aromatic ring is 1. The molecule has 2 saturated heterocycles. The largest absolute Gasteiger partial charge is 0.479 e. The van der Waals surface area contributed by atoms with Crippen LogP contribution in [-0.4, -0.2) is 45.1 Å². The highest BCUT2D eigenvalue weighted by Crippen LogP contribution is 2.48. The molecule has 2 aliphatic rings. The van der Waals surface area contributed by atoms with Crippen molar-refractivity contribution in [3.8, 4) is 0 Å². The molecule has 2 aromatic rings. The Morgan fingerprint density at radius 1 is 1.35 bits per heavy atom. The van der Waals surface area contributed by atoms with Gasteiger partial charge in [-0.15, -0.1) is 11.3 Å². The molecule has 2 aromatic heterocycles. The molecule has 2 aliphatic heterocycles. The Morgan fingerprint density at radius 3 is 2.83 bits per heavy atom. The van der Waals surface area contributed by atoms with E-state index >= 15 is 0 Å². The lowest BCUT2D eigenvalue weighted by Gasteiger charge is -2.22. The maximum Gasteiger partial charge on any atom is 0.335 e. The van der Waals surface area contributed by atoms with E-state index in [0.717, 1.165) is 10.3 Å². The minimum Gasteiger partial charge on any atom is -0.479 e. The molecule has 2 fully saturated rings. The molecule has 4 atom stereocenters. The summed E-state index contributed by atoms with van der Waals surface area (Å²) < 4.78 is 17.4. The van der Waals surface area contributed by atoms with E-state index in [1.165, 1.54) is 17.7 Å². The third-order valence-corrected chi connectivity index (χ3v) is 5.04. The van der Waals surface area contributed by atoms with Crippen molar-refractivity contribution in [1.82, 2.24) is 9.97 Å². The topological polar surface area (TPSA) is 117 Å². The van der Waals surface area contributed by atoms with Crippen molar-refractivity contribution in [3.05, 3.63) is 16.6 Å². The summed E-state index contributed by atoms with van der Waals surface area (Å²) in [5, 5.41) is 12.0. The predicted molar refractivity (Wildman–Crippen MR) is 80.9 cm³/mol. The summed E-state index contributed by atoms with van der Waals surface area (Å²) in [6, 6.07) is 0. The monoisotopic (exact) mass is 337 g/mol. The summed E-state index contributed by atoms with van der Waals surface area (Å²) in [6.45, 7) is 3.52. The minimum absolute atomic E-state index is 0.380. The lowest BCUT2D eigenvalue weighted by atomic mass is 10.1. The fraction of sp³-hybridized carbons (Fsp3) is 0.500. The summed E-state index contributed by atoms with van der Waals surface area (Å²) in [4.78, 5) is 20.5. The van der Waals surface area contributed by atoms with Gasteiger partial charge in [-0.2, -0.15) is 0 Å². The van der Waals surface area contributed by atoms with E-state index in [9.17, 15) is 9.90 Å². The molecule has 0 spiro atoms. The van der Waals surface area contributed by atoms with Crippen molar-refractivity contribution in [3.63, 3.8) is 0 Å². The third-order valence-electron chi connectivity index (χ3n) is 4.01. The van der Waals surface area contributed by atoms with Crippen molar-refractivity contribution in [2.45, 2.75) is 44.1 Å². The summed E-state index contributed by atoms with van der Waals surface area (Å²) in [7, 11) is 0. The van der Waals surface area contributed by atoms with Gasteiger partial charge in [0.05, 0.1) is 15.8 Å². The Bertz CT molecular complexity index is 792. The Balaban J connectivity index is 1.78. The Morgan fingerprint density at radius 2 is 2.09 bits per heavy atom. The van der Waals surface area contributed by atoms with Crippen molar-refractivity contribution < 1.29 is 24.1 Å². The number of anilines is 1. The molecule has 9 heteroatoms. The normalized spacial score (nSPS) is 32.3. The van der Waals surface area contributed by atoms with Crippen LogP contribution in [0.5, 0.6) is 0 Å². The number of rotatable bonds is 2. The van der Waals surface area contributed by atoms with Crippen LogP contribution in [-0.2, 0) is 19.0 Å². The lowest BCUT2D eigenvalue weighted by Crippen LogP contribution is -2.35. The van der Waals surface area contributed by atoms with Crippen LogP contribution in [0.2, 0.25) is 0 Å². The number of aromatic nitrogens is 2. The SMILES string of the molecule is CC1(C)O[C@@H]2[C@H](O1)[C@@H](C(=O)O)O[C@H]2c1scc2c(N)ncnc12. The molecule has 3 N–H and O–H groups in total. The zero-order valence-corrected chi connectivity index (χ0v) is 13.2. The first-order valence-corrected chi connectivity index (χ1v) is 7.97. The van der Waals surface area contributed by atoms with E-state index in [1.807, 2.05) is 5.38 Å². The van der Waals surface area contributed by atoms with Gasteiger partial charge in [0.25, 0.3) is 0 Å². The van der Waals surface area contributed by atoms with Crippen molar-refractivity contribution in [2.75, 3.05) is 5.73 Å². The van der Waals surface area contributed by atoms with Crippen LogP contribution < -0.4 is 5.73 Å². The van der Waals surface area contributed by atoms with Crippen molar-refractivity contribution in [2.24, 2.45) is 0 Å². The molecule has 0 aliphatic carbocycles. The van der Waals surface area contributed by atoms with Gasteiger partial charge in [-0.25, -0.2) is 14.8 Å². The average Bonchev–Trinajstić information content (AvgIpc) is 3.09. The zero-order valence-electron chi connectivity index (χ0n) is 12.4. The maximum atomic E-state index is 11.5. The van der Waals surface area contributed by atoms with Gasteiger partial charge in [-0.3, -0.25) is 0 Å². The number of carboxylic acid groups (broad SMARTS) is 1. The molecule has 4 rings (SSSR count). The number of nitrogens with zero attached hydrogens (tertiary/aromatic N) is 2. The summed E-state index contributed by atoms with van der Waals surface area (Å²) >= 11 is 1.40. The first-order valence-electron chi connectivity index (χ1n) is 7.09. The van der Waals surface area contributed by atoms with Crippen LogP contribution >= 0.6 is 11.3 Å². The second-order valence-corrected chi connectivity index (χ2v) is 6.91. The Kier molecular flexibility index (Phi) is 3.11. The van der Waals surface area contributed by atoms with Gasteiger partial charge in [0.1, 0.15) is 30.5 Å². The number of thiophene rings is 1. The Hall–Kier alpha value is -1.81. The van der Waals surface area contributed by atoms with Gasteiger partial charge in [0, 0.05) is 5.38 Å². The van der Waals surface area contributed by atoms with E-state index in [2.05, 4.69) is 9.97 Å². The summed E-state index contributed by atoms with van der Waals surface area (Å²) in [5.41, 5.74) is 6.52. The number of carboxylic acids is 1. The van der Waals surface area contributed by atoms with Gasteiger partial charge in [0.2, 0.25) is 0 Å². The molecule has 0 bridgehead atoms. The maximum absolute atomic E-state index is 11.5. The van der Waals surface area contributed by atoms with Crippen LogP contribution in [0.15, 0.2) is 11.7 Å². The van der Waals surface area contributed by atoms with Crippen molar-refractivity contribution in [1.29, 1.82) is 0 Å². The van der Waals surface area contributed by atoms with Gasteiger partial charge >= 0.3 is 5.97 Å². The predicted octanol–water partition coefficient (Wildman–Crippen LogP) is 1.32. The van der Waals surface area contributed by atoms with E-state index in [-0.39, 0.29) is 0 Å². The average molecular weight is 337 g/mol. The van der Waals surface area contributed by atoms with E-state index in [1.54, 1.807) is 13.8 Å². The zero-order chi connectivity index (χ0) is 16.4. The lowest BCUT2D eigenvalue weighted by molar-refractivity contribution is -0.194. The first kappa shape index (κ1) is 14.8. The van der Waals surface area contributed by atoms with Crippen molar-refractivity contribution >= 4 is 34.0 Å². The number of ether oxygens (including phenoxy) is 3. The molecule has 0 amide bonds. The molecule has 0 radical (unpaired) electrons. The number of carbonyl (C=O) groups is 1. The van der Waals surface area contributed by atoms with E-state index in [0.29, 0.717) is 11.3 Å². The number of fused-ring (bicyclic) bond motifs is 2. The smallest absolute Gasteiger partial charge is 0.335 e. The van der Waals surface area contributed by atoms with Crippen LogP contribution in [0.1, 0.15) is 24.8 Å². The van der Waals surface area contributed by atoms with E-state index < -0.39 is 36.2 Å². The highest BCUT2D eigenvalue weighted by Gasteiger charge is 2.58. The highest BCUT2D eigenvalue weighted by molar-refractivity contribution is 7.11. The molecule has 0 aromatic carbocycles. The number of hydrogen-bond donors (Lipinski definition) is 2. The van der Waals surface area contributed by atoms with Gasteiger partial charge in [-0.1, -0.05) is 0 Å². The van der Waals surface area contributed by atoms with Gasteiger partial charge < -0.3 is 25.1 Å². The fourth-order valence-corrected chi connectivity index (χ4v) is 4.19. The number of aliphatic carboxylic acids is 1. The molecule has 8 nitrogen and oxygen atoms in total. The quantitative estimate of drug-likeness (QED) is 0.842. The van der Waals surface area contributed by atoms with Gasteiger partial charge in [0.15, 0.2) is 11.9 Å². The van der Waals surface area contributed by atoms with Crippen LogP contribution in [0.4, 0.5) is 5.82 Å². The molecular weight excluding hydrogens is 322 g/mol. The van der Waals surface area contributed by atoms with Crippen LogP contribution in [0, 0.1) is 0 Å². The van der Waals surface area contributed by atoms with E-state index in [4.69, 9.17) is 19.9 Å². The molecule has 0 saturated carbocycles. The number of nitrogens with two attached hydrogens (primary N) is 1. The van der Waals surface area contributed by atoms with Crippen LogP contribution in [0.25, 0.3) is 10.9 Å². The standard InChI is InChI=1S/C14H15N3O5S/c1-14(2)21-7-8(22-14)10(13(18)19)20-9(7)11-6-5(3-23-11)12(15)17-4-16-6/h3-4,7-10H,1-2H3,(H,18,19)(H2,15,16,17)/t7-,8+,9-,10+/m1/s1. The minimum atomic E-state index is -1.08. The van der Waals surface area contributed by atoms with Gasteiger partial charge in [-0.05, 0) is 13.8 Å². The first-order chi connectivity index (χ1) is 10.9. The molecule has 23 heavy (non-hydrogen) atoms. The number of hydrogen-bond acceptors (Lipinski definition) is 8. The molecular formula is C14H15N3O5S. The summed E-state index contributed by atoms with van der Waals surface area (Å²) in [5.74, 6) is -1.55. The second-order valence-electron chi connectivity index (χ2n) is 6.00. The molecule has 122 valence electrons. The molecule has 4 heterocycles. The molecule has 0 unspecified atom stereocenters. The third kappa shape index (κ3) is 2.19. The van der Waals surface area contributed by atoms with Crippen LogP contribution in [0.3, 0.4) is 0 Å².